The fourth-order valence-electron chi connectivity index (χ4n) is 2.01. The van der Waals surface area contributed by atoms with Crippen molar-refractivity contribution >= 4 is 33.4 Å². The quantitative estimate of drug-likeness (QED) is 0.466. The van der Waals surface area contributed by atoms with Crippen LogP contribution in [-0.4, -0.2) is 9.97 Å². The zero-order valence-corrected chi connectivity index (χ0v) is 10.4. The van der Waals surface area contributed by atoms with E-state index in [1.807, 2.05) is 38.1 Å². The molecule has 3 aromatic rings. The average Bonchev–Trinajstić information content (AvgIpc) is 2.31. The van der Waals surface area contributed by atoms with Crippen molar-refractivity contribution < 1.29 is 0 Å². The molecule has 0 radical (unpaired) electrons. The normalized spacial score (nSPS) is 11.2. The SMILES string of the molecule is Cc1cc2nc3cc(N)c(C)cc3nc2cc1N. The molecule has 90 valence electrons. The van der Waals surface area contributed by atoms with Crippen molar-refractivity contribution in [2.75, 3.05) is 11.5 Å². The smallest absolute Gasteiger partial charge is 0.0915 e. The fourth-order valence-corrected chi connectivity index (χ4v) is 2.01. The minimum Gasteiger partial charge on any atom is -0.398 e. The number of fused-ring (bicyclic) bond motifs is 2. The molecule has 0 amide bonds. The first-order valence-corrected chi connectivity index (χ1v) is 5.78. The van der Waals surface area contributed by atoms with Crippen LogP contribution in [0.15, 0.2) is 24.3 Å². The van der Waals surface area contributed by atoms with Crippen LogP contribution >= 0.6 is 0 Å². The third kappa shape index (κ3) is 1.54. The molecule has 0 aliphatic carbocycles. The molecule has 0 bridgehead atoms. The van der Waals surface area contributed by atoms with Crippen LogP contribution in [0.2, 0.25) is 0 Å². The van der Waals surface area contributed by atoms with E-state index in [4.69, 9.17) is 11.5 Å². The summed E-state index contributed by atoms with van der Waals surface area (Å²) in [6.45, 7) is 3.92. The number of nitrogens with zero attached hydrogens (tertiary/aromatic N) is 2. The lowest BCUT2D eigenvalue weighted by molar-refractivity contribution is 1.36. The minimum absolute atomic E-state index is 0.739. The van der Waals surface area contributed by atoms with Crippen LogP contribution in [0, 0.1) is 13.8 Å². The largest absolute Gasteiger partial charge is 0.398 e. The van der Waals surface area contributed by atoms with Crippen molar-refractivity contribution in [3.05, 3.63) is 35.4 Å². The number of rotatable bonds is 0. The average molecular weight is 238 g/mol. The van der Waals surface area contributed by atoms with Crippen LogP contribution in [0.5, 0.6) is 0 Å². The first-order chi connectivity index (χ1) is 8.54. The maximum atomic E-state index is 5.90. The zero-order chi connectivity index (χ0) is 12.9. The van der Waals surface area contributed by atoms with Crippen LogP contribution in [-0.2, 0) is 0 Å². The molecular weight excluding hydrogens is 224 g/mol. The summed E-state index contributed by atoms with van der Waals surface area (Å²) in [6, 6.07) is 7.63. The van der Waals surface area contributed by atoms with Gasteiger partial charge in [-0.15, -0.1) is 0 Å². The molecule has 0 unspecified atom stereocenters. The Hall–Kier alpha value is -2.36. The number of aromatic nitrogens is 2. The molecule has 1 aromatic heterocycles. The number of hydrogen-bond donors (Lipinski definition) is 2. The number of nitrogen functional groups attached to an aromatic ring is 2. The third-order valence-corrected chi connectivity index (χ3v) is 3.21. The maximum Gasteiger partial charge on any atom is 0.0915 e. The molecule has 0 fully saturated rings. The second kappa shape index (κ2) is 3.57. The van der Waals surface area contributed by atoms with E-state index in [1.165, 1.54) is 0 Å². The van der Waals surface area contributed by atoms with Crippen molar-refractivity contribution in [3.8, 4) is 0 Å². The van der Waals surface area contributed by atoms with E-state index >= 15 is 0 Å². The van der Waals surface area contributed by atoms with Gasteiger partial charge in [0.05, 0.1) is 22.1 Å². The van der Waals surface area contributed by atoms with Gasteiger partial charge < -0.3 is 11.5 Å². The molecule has 4 nitrogen and oxygen atoms in total. The summed E-state index contributed by atoms with van der Waals surface area (Å²) in [5.74, 6) is 0. The molecule has 18 heavy (non-hydrogen) atoms. The third-order valence-electron chi connectivity index (χ3n) is 3.21. The summed E-state index contributed by atoms with van der Waals surface area (Å²) >= 11 is 0. The highest BCUT2D eigenvalue weighted by Crippen LogP contribution is 2.24. The molecule has 0 saturated heterocycles. The Morgan fingerprint density at radius 2 is 1.00 bits per heavy atom. The van der Waals surface area contributed by atoms with Gasteiger partial charge in [0, 0.05) is 11.4 Å². The maximum absolute atomic E-state index is 5.90. The molecule has 0 saturated carbocycles. The monoisotopic (exact) mass is 238 g/mol. The van der Waals surface area contributed by atoms with Crippen LogP contribution in [0.25, 0.3) is 22.1 Å². The van der Waals surface area contributed by atoms with Crippen LogP contribution in [0.4, 0.5) is 11.4 Å². The Balaban J connectivity index is 2.43. The second-order valence-electron chi connectivity index (χ2n) is 4.62. The van der Waals surface area contributed by atoms with E-state index in [2.05, 4.69) is 9.97 Å². The van der Waals surface area contributed by atoms with Gasteiger partial charge >= 0.3 is 0 Å². The first kappa shape index (κ1) is 10.8. The molecule has 4 heteroatoms. The van der Waals surface area contributed by atoms with E-state index in [9.17, 15) is 0 Å². The van der Waals surface area contributed by atoms with Gasteiger partial charge in [-0.1, -0.05) is 0 Å². The number of aryl methyl sites for hydroxylation is 2. The van der Waals surface area contributed by atoms with Crippen molar-refractivity contribution in [1.82, 2.24) is 9.97 Å². The lowest BCUT2D eigenvalue weighted by Crippen LogP contribution is -1.95. The van der Waals surface area contributed by atoms with Crippen LogP contribution in [0.3, 0.4) is 0 Å². The fraction of sp³-hybridized carbons (Fsp3) is 0.143. The van der Waals surface area contributed by atoms with Crippen LogP contribution in [0.1, 0.15) is 11.1 Å². The van der Waals surface area contributed by atoms with E-state index in [-0.39, 0.29) is 0 Å². The number of nitrogens with two attached hydrogens (primary N) is 2. The molecule has 2 aromatic carbocycles. The Kier molecular flexibility index (Phi) is 2.13. The molecule has 0 atom stereocenters. The van der Waals surface area contributed by atoms with E-state index in [1.54, 1.807) is 0 Å². The van der Waals surface area contributed by atoms with Gasteiger partial charge in [0.1, 0.15) is 0 Å². The highest BCUT2D eigenvalue weighted by Gasteiger charge is 2.06. The molecule has 3 rings (SSSR count). The van der Waals surface area contributed by atoms with Crippen molar-refractivity contribution in [1.29, 1.82) is 0 Å². The van der Waals surface area contributed by atoms with E-state index in [0.29, 0.717) is 0 Å². The predicted molar refractivity (Wildman–Crippen MR) is 75.3 cm³/mol. The molecule has 0 spiro atoms. The lowest BCUT2D eigenvalue weighted by Gasteiger charge is -2.06. The van der Waals surface area contributed by atoms with Crippen molar-refractivity contribution in [2.24, 2.45) is 0 Å². The van der Waals surface area contributed by atoms with Crippen molar-refractivity contribution in [3.63, 3.8) is 0 Å². The van der Waals surface area contributed by atoms with E-state index < -0.39 is 0 Å². The summed E-state index contributed by atoms with van der Waals surface area (Å²) in [6.07, 6.45) is 0. The minimum atomic E-state index is 0.739. The highest BCUT2D eigenvalue weighted by molar-refractivity contribution is 5.90. The van der Waals surface area contributed by atoms with Gasteiger partial charge in [-0.05, 0) is 49.2 Å². The van der Waals surface area contributed by atoms with Gasteiger partial charge in [-0.3, -0.25) is 0 Å². The summed E-state index contributed by atoms with van der Waals surface area (Å²) in [7, 11) is 0. The van der Waals surface area contributed by atoms with Crippen LogP contribution < -0.4 is 11.5 Å². The topological polar surface area (TPSA) is 77.8 Å². The number of anilines is 2. The number of hydrogen-bond acceptors (Lipinski definition) is 4. The Labute approximate surface area is 105 Å². The number of benzene rings is 2. The summed E-state index contributed by atoms with van der Waals surface area (Å²) in [5.41, 5.74) is 18.6. The second-order valence-corrected chi connectivity index (χ2v) is 4.62. The van der Waals surface area contributed by atoms with Gasteiger partial charge in [0.25, 0.3) is 0 Å². The van der Waals surface area contributed by atoms with Gasteiger partial charge in [-0.2, -0.15) is 0 Å². The highest BCUT2D eigenvalue weighted by atomic mass is 14.8. The van der Waals surface area contributed by atoms with Gasteiger partial charge in [-0.25, -0.2) is 9.97 Å². The standard InChI is InChI=1S/C14H14N4/c1-7-3-11-13(5-9(7)15)18-12-4-8(2)10(16)6-14(12)17-11/h3-6H,15-16H2,1-2H3. The van der Waals surface area contributed by atoms with Gasteiger partial charge in [0.15, 0.2) is 0 Å². The lowest BCUT2D eigenvalue weighted by atomic mass is 10.1. The van der Waals surface area contributed by atoms with E-state index in [0.717, 1.165) is 44.6 Å². The summed E-state index contributed by atoms with van der Waals surface area (Å²) in [4.78, 5) is 9.17. The molecule has 0 aliphatic rings. The molecule has 1 heterocycles. The Morgan fingerprint density at radius 1 is 0.667 bits per heavy atom. The van der Waals surface area contributed by atoms with Gasteiger partial charge in [0.2, 0.25) is 0 Å². The zero-order valence-electron chi connectivity index (χ0n) is 10.4. The molecule has 0 aliphatic heterocycles. The molecular formula is C14H14N4. The summed E-state index contributed by atoms with van der Waals surface area (Å²) in [5, 5.41) is 0. The summed E-state index contributed by atoms with van der Waals surface area (Å²) < 4.78 is 0. The first-order valence-electron chi connectivity index (χ1n) is 5.78. The predicted octanol–water partition coefficient (Wildman–Crippen LogP) is 2.56. The Bertz CT molecular complexity index is 649. The molecule has 4 N–H and O–H groups in total. The Morgan fingerprint density at radius 3 is 1.39 bits per heavy atom. The van der Waals surface area contributed by atoms with Crippen molar-refractivity contribution in [2.45, 2.75) is 13.8 Å².